The first-order valence-electron chi connectivity index (χ1n) is 7.39. The van der Waals surface area contributed by atoms with Crippen molar-refractivity contribution < 1.29 is 9.13 Å². The molecule has 2 nitrogen and oxygen atoms in total. The van der Waals surface area contributed by atoms with Gasteiger partial charge in [-0.15, -0.1) is 0 Å². The SMILES string of the molecule is CN1CC[C@@H](Oc2ccccc2F)[C@H](c2ccccc2)C1. The second-order valence-corrected chi connectivity index (χ2v) is 5.65. The van der Waals surface area contributed by atoms with Crippen molar-refractivity contribution in [2.45, 2.75) is 18.4 Å². The van der Waals surface area contributed by atoms with Crippen LogP contribution >= 0.6 is 0 Å². The summed E-state index contributed by atoms with van der Waals surface area (Å²) in [7, 11) is 2.12. The lowest BCUT2D eigenvalue weighted by Crippen LogP contribution is -2.42. The minimum absolute atomic E-state index is 0.0144. The van der Waals surface area contributed by atoms with E-state index in [1.54, 1.807) is 12.1 Å². The van der Waals surface area contributed by atoms with Gasteiger partial charge in [-0.1, -0.05) is 42.5 Å². The summed E-state index contributed by atoms with van der Waals surface area (Å²) in [5.74, 6) is 0.334. The molecule has 2 atom stereocenters. The van der Waals surface area contributed by atoms with Crippen LogP contribution in [0.5, 0.6) is 5.75 Å². The maximum atomic E-state index is 13.8. The van der Waals surface area contributed by atoms with E-state index in [1.165, 1.54) is 11.6 Å². The molecule has 1 fully saturated rings. The number of rotatable bonds is 3. The topological polar surface area (TPSA) is 12.5 Å². The number of likely N-dealkylation sites (tertiary alicyclic amines) is 1. The van der Waals surface area contributed by atoms with Crippen LogP contribution in [0.4, 0.5) is 4.39 Å². The molecule has 0 aliphatic carbocycles. The number of nitrogens with zero attached hydrogens (tertiary/aromatic N) is 1. The summed E-state index contributed by atoms with van der Waals surface area (Å²) in [5, 5.41) is 0. The first-order chi connectivity index (χ1) is 10.2. The van der Waals surface area contributed by atoms with Gasteiger partial charge in [0.2, 0.25) is 0 Å². The fourth-order valence-corrected chi connectivity index (χ4v) is 2.96. The zero-order valence-corrected chi connectivity index (χ0v) is 12.2. The van der Waals surface area contributed by atoms with Crippen LogP contribution < -0.4 is 4.74 Å². The maximum Gasteiger partial charge on any atom is 0.165 e. The number of likely N-dealkylation sites (N-methyl/N-ethyl adjacent to an activating group) is 1. The first kappa shape index (κ1) is 14.1. The molecule has 0 saturated carbocycles. The standard InChI is InChI=1S/C18H20FNO/c1-20-12-11-17(21-18-10-6-5-9-16(18)19)15(13-20)14-7-3-2-4-8-14/h2-10,15,17H,11-13H2,1H3/t15-,17+/m0/s1. The van der Waals surface area contributed by atoms with Crippen LogP contribution in [-0.2, 0) is 0 Å². The third-order valence-electron chi connectivity index (χ3n) is 4.10. The Kier molecular flexibility index (Phi) is 4.20. The van der Waals surface area contributed by atoms with Gasteiger partial charge in [-0.3, -0.25) is 0 Å². The molecule has 0 aromatic heterocycles. The van der Waals surface area contributed by atoms with E-state index in [0.29, 0.717) is 5.75 Å². The normalized spacial score (nSPS) is 23.0. The molecule has 0 radical (unpaired) electrons. The summed E-state index contributed by atoms with van der Waals surface area (Å²) >= 11 is 0. The lowest BCUT2D eigenvalue weighted by atomic mass is 9.88. The van der Waals surface area contributed by atoms with Gasteiger partial charge in [0.25, 0.3) is 0 Å². The molecule has 2 aromatic rings. The summed E-state index contributed by atoms with van der Waals surface area (Å²) < 4.78 is 19.8. The highest BCUT2D eigenvalue weighted by Crippen LogP contribution is 2.31. The van der Waals surface area contributed by atoms with E-state index in [0.717, 1.165) is 19.5 Å². The monoisotopic (exact) mass is 285 g/mol. The lowest BCUT2D eigenvalue weighted by Gasteiger charge is -2.37. The van der Waals surface area contributed by atoms with Crippen LogP contribution in [0, 0.1) is 5.82 Å². The van der Waals surface area contributed by atoms with Gasteiger partial charge in [0.05, 0.1) is 0 Å². The molecule has 0 bridgehead atoms. The van der Waals surface area contributed by atoms with E-state index in [2.05, 4.69) is 24.1 Å². The molecule has 1 saturated heterocycles. The zero-order valence-electron chi connectivity index (χ0n) is 12.2. The third kappa shape index (κ3) is 3.24. The minimum Gasteiger partial charge on any atom is -0.487 e. The number of halogens is 1. The van der Waals surface area contributed by atoms with Crippen molar-refractivity contribution in [1.29, 1.82) is 0 Å². The number of ether oxygens (including phenoxy) is 1. The van der Waals surface area contributed by atoms with Crippen molar-refractivity contribution in [1.82, 2.24) is 4.90 Å². The second-order valence-electron chi connectivity index (χ2n) is 5.65. The Bertz CT molecular complexity index is 587. The fraction of sp³-hybridized carbons (Fsp3) is 0.333. The smallest absolute Gasteiger partial charge is 0.165 e. The van der Waals surface area contributed by atoms with Gasteiger partial charge in [0.15, 0.2) is 11.6 Å². The van der Waals surface area contributed by atoms with Crippen molar-refractivity contribution in [2.24, 2.45) is 0 Å². The van der Waals surface area contributed by atoms with Gasteiger partial charge >= 0.3 is 0 Å². The van der Waals surface area contributed by atoms with Crippen molar-refractivity contribution in [3.05, 3.63) is 66.0 Å². The average molecular weight is 285 g/mol. The molecule has 1 aliphatic heterocycles. The number of piperidine rings is 1. The summed E-state index contributed by atoms with van der Waals surface area (Å²) in [6.45, 7) is 1.91. The molecule has 110 valence electrons. The van der Waals surface area contributed by atoms with E-state index >= 15 is 0 Å². The number of hydrogen-bond donors (Lipinski definition) is 0. The highest BCUT2D eigenvalue weighted by molar-refractivity contribution is 5.26. The molecular weight excluding hydrogens is 265 g/mol. The predicted octanol–water partition coefficient (Wildman–Crippen LogP) is 3.69. The molecule has 3 heteroatoms. The quantitative estimate of drug-likeness (QED) is 0.852. The van der Waals surface area contributed by atoms with Gasteiger partial charge in [0, 0.05) is 19.0 Å². The minimum atomic E-state index is -0.289. The summed E-state index contributed by atoms with van der Waals surface area (Å²) in [4.78, 5) is 2.30. The Balaban J connectivity index is 1.83. The third-order valence-corrected chi connectivity index (χ3v) is 4.10. The molecule has 0 spiro atoms. The van der Waals surface area contributed by atoms with Gasteiger partial charge in [-0.25, -0.2) is 4.39 Å². The Labute approximate surface area is 125 Å². The van der Waals surface area contributed by atoms with Crippen LogP contribution in [0.15, 0.2) is 54.6 Å². The molecule has 0 N–H and O–H groups in total. The molecular formula is C18H20FNO. The van der Waals surface area contributed by atoms with Crippen LogP contribution in [0.2, 0.25) is 0 Å². The lowest BCUT2D eigenvalue weighted by molar-refractivity contribution is 0.0867. The number of benzene rings is 2. The summed E-state index contributed by atoms with van der Waals surface area (Å²) in [6, 6.07) is 17.0. The Hall–Kier alpha value is -1.87. The predicted molar refractivity (Wildman–Crippen MR) is 82.1 cm³/mol. The molecule has 21 heavy (non-hydrogen) atoms. The second kappa shape index (κ2) is 6.27. The van der Waals surface area contributed by atoms with Crippen LogP contribution in [0.1, 0.15) is 17.9 Å². The van der Waals surface area contributed by atoms with Crippen LogP contribution in [0.25, 0.3) is 0 Å². The highest BCUT2D eigenvalue weighted by atomic mass is 19.1. The molecule has 0 amide bonds. The van der Waals surface area contributed by atoms with E-state index in [4.69, 9.17) is 4.74 Å². The van der Waals surface area contributed by atoms with E-state index in [1.807, 2.05) is 24.3 Å². The highest BCUT2D eigenvalue weighted by Gasteiger charge is 2.31. The van der Waals surface area contributed by atoms with E-state index in [-0.39, 0.29) is 17.8 Å². The molecule has 2 aromatic carbocycles. The van der Waals surface area contributed by atoms with E-state index < -0.39 is 0 Å². The Morgan fingerprint density at radius 3 is 2.52 bits per heavy atom. The van der Waals surface area contributed by atoms with Crippen molar-refractivity contribution in [3.8, 4) is 5.75 Å². The van der Waals surface area contributed by atoms with Gasteiger partial charge < -0.3 is 9.64 Å². The van der Waals surface area contributed by atoms with Gasteiger partial charge in [-0.2, -0.15) is 0 Å². The van der Waals surface area contributed by atoms with Crippen LogP contribution in [-0.4, -0.2) is 31.1 Å². The van der Waals surface area contributed by atoms with Crippen molar-refractivity contribution in [2.75, 3.05) is 20.1 Å². The molecule has 1 aliphatic rings. The summed E-state index contributed by atoms with van der Waals surface area (Å²) in [5.41, 5.74) is 1.25. The van der Waals surface area contributed by atoms with Crippen molar-refractivity contribution >= 4 is 0 Å². The van der Waals surface area contributed by atoms with Gasteiger partial charge in [-0.05, 0) is 31.2 Å². The molecule has 3 rings (SSSR count). The summed E-state index contributed by atoms with van der Waals surface area (Å²) in [6.07, 6.45) is 0.921. The molecule has 1 heterocycles. The fourth-order valence-electron chi connectivity index (χ4n) is 2.96. The van der Waals surface area contributed by atoms with Crippen molar-refractivity contribution in [3.63, 3.8) is 0 Å². The maximum absolute atomic E-state index is 13.8. The van der Waals surface area contributed by atoms with E-state index in [9.17, 15) is 4.39 Å². The Morgan fingerprint density at radius 1 is 1.05 bits per heavy atom. The first-order valence-corrected chi connectivity index (χ1v) is 7.39. The Morgan fingerprint density at radius 2 is 1.76 bits per heavy atom. The number of para-hydroxylation sites is 1. The average Bonchev–Trinajstić information content (AvgIpc) is 2.52. The zero-order chi connectivity index (χ0) is 14.7. The van der Waals surface area contributed by atoms with Gasteiger partial charge in [0.1, 0.15) is 6.10 Å². The number of hydrogen-bond acceptors (Lipinski definition) is 2. The van der Waals surface area contributed by atoms with Crippen LogP contribution in [0.3, 0.4) is 0 Å². The largest absolute Gasteiger partial charge is 0.487 e. The molecule has 0 unspecified atom stereocenters.